The van der Waals surface area contributed by atoms with Gasteiger partial charge in [0, 0.05) is 6.04 Å². The zero-order valence-electron chi connectivity index (χ0n) is 11.4. The highest BCUT2D eigenvalue weighted by atomic mass is 16.5. The van der Waals surface area contributed by atoms with Gasteiger partial charge in [0.05, 0.1) is 14.2 Å². The first-order valence-corrected chi connectivity index (χ1v) is 5.98. The molecule has 96 valence electrons. The fourth-order valence-electron chi connectivity index (χ4n) is 1.78. The highest BCUT2D eigenvalue weighted by molar-refractivity contribution is 5.43. The average molecular weight is 237 g/mol. The number of rotatable bonds is 5. The number of nitrogens with two attached hydrogens (primary N) is 1. The molecule has 0 aliphatic carbocycles. The molecule has 0 saturated carbocycles. The lowest BCUT2D eigenvalue weighted by Crippen LogP contribution is -2.23. The van der Waals surface area contributed by atoms with Gasteiger partial charge in [-0.3, -0.25) is 0 Å². The molecule has 2 unspecified atom stereocenters. The summed E-state index contributed by atoms with van der Waals surface area (Å²) in [5.74, 6) is 2.45. The monoisotopic (exact) mass is 237 g/mol. The summed E-state index contributed by atoms with van der Waals surface area (Å²) in [7, 11) is 3.27. The summed E-state index contributed by atoms with van der Waals surface area (Å²) >= 11 is 0. The standard InChI is InChI=1S/C14H23NO2/c1-9(2)10(3)14(15)11-6-7-12(16-4)13(8-11)17-5/h6-10,14H,15H2,1-5H3. The molecular formula is C14H23NO2. The molecule has 0 aliphatic rings. The fraction of sp³-hybridized carbons (Fsp3) is 0.571. The molecule has 0 radical (unpaired) electrons. The molecule has 2 atom stereocenters. The Morgan fingerprint density at radius 3 is 2.06 bits per heavy atom. The minimum Gasteiger partial charge on any atom is -0.493 e. The predicted octanol–water partition coefficient (Wildman–Crippen LogP) is 3.00. The molecular weight excluding hydrogens is 214 g/mol. The molecule has 1 aromatic rings. The Morgan fingerprint density at radius 2 is 1.59 bits per heavy atom. The van der Waals surface area contributed by atoms with E-state index in [1.807, 2.05) is 18.2 Å². The Morgan fingerprint density at radius 1 is 1.00 bits per heavy atom. The van der Waals surface area contributed by atoms with Crippen LogP contribution in [0, 0.1) is 11.8 Å². The van der Waals surface area contributed by atoms with E-state index < -0.39 is 0 Å². The van der Waals surface area contributed by atoms with Gasteiger partial charge in [-0.25, -0.2) is 0 Å². The van der Waals surface area contributed by atoms with Crippen molar-refractivity contribution in [1.29, 1.82) is 0 Å². The molecule has 0 amide bonds. The zero-order valence-corrected chi connectivity index (χ0v) is 11.4. The number of methoxy groups -OCH3 is 2. The number of hydrogen-bond donors (Lipinski definition) is 1. The van der Waals surface area contributed by atoms with Gasteiger partial charge in [0.25, 0.3) is 0 Å². The van der Waals surface area contributed by atoms with E-state index in [-0.39, 0.29) is 6.04 Å². The van der Waals surface area contributed by atoms with Gasteiger partial charge in [-0.15, -0.1) is 0 Å². The van der Waals surface area contributed by atoms with Gasteiger partial charge in [-0.2, -0.15) is 0 Å². The van der Waals surface area contributed by atoms with Crippen molar-refractivity contribution >= 4 is 0 Å². The van der Waals surface area contributed by atoms with Crippen molar-refractivity contribution in [3.8, 4) is 11.5 Å². The van der Waals surface area contributed by atoms with Gasteiger partial charge in [-0.1, -0.05) is 26.8 Å². The second kappa shape index (κ2) is 5.92. The molecule has 1 aromatic carbocycles. The van der Waals surface area contributed by atoms with Crippen molar-refractivity contribution in [3.05, 3.63) is 23.8 Å². The molecule has 0 bridgehead atoms. The molecule has 3 heteroatoms. The average Bonchev–Trinajstić information content (AvgIpc) is 2.35. The minimum absolute atomic E-state index is 0.0230. The second-order valence-electron chi connectivity index (χ2n) is 4.74. The minimum atomic E-state index is 0.0230. The molecule has 3 nitrogen and oxygen atoms in total. The summed E-state index contributed by atoms with van der Waals surface area (Å²) in [6, 6.07) is 5.89. The molecule has 0 aliphatic heterocycles. The van der Waals surface area contributed by atoms with Crippen LogP contribution in [0.3, 0.4) is 0 Å². The van der Waals surface area contributed by atoms with Crippen molar-refractivity contribution < 1.29 is 9.47 Å². The lowest BCUT2D eigenvalue weighted by molar-refractivity contribution is 0.342. The maximum atomic E-state index is 6.26. The second-order valence-corrected chi connectivity index (χ2v) is 4.74. The Labute approximate surface area is 104 Å². The van der Waals surface area contributed by atoms with Crippen LogP contribution in [0.2, 0.25) is 0 Å². The normalized spacial score (nSPS) is 14.5. The summed E-state index contributed by atoms with van der Waals surface area (Å²) < 4.78 is 10.5. The van der Waals surface area contributed by atoms with Crippen molar-refractivity contribution in [3.63, 3.8) is 0 Å². The summed E-state index contributed by atoms with van der Waals surface area (Å²) in [6.07, 6.45) is 0. The van der Waals surface area contributed by atoms with Crippen molar-refractivity contribution in [2.45, 2.75) is 26.8 Å². The highest BCUT2D eigenvalue weighted by Gasteiger charge is 2.19. The molecule has 1 rings (SSSR count). The first kappa shape index (κ1) is 13.8. The van der Waals surface area contributed by atoms with Crippen LogP contribution in [0.25, 0.3) is 0 Å². The third-order valence-corrected chi connectivity index (χ3v) is 3.41. The topological polar surface area (TPSA) is 44.5 Å². The van der Waals surface area contributed by atoms with Crippen molar-refractivity contribution in [1.82, 2.24) is 0 Å². The Balaban J connectivity index is 2.99. The summed E-state index contributed by atoms with van der Waals surface area (Å²) in [5.41, 5.74) is 7.35. The van der Waals surface area contributed by atoms with Crippen LogP contribution >= 0.6 is 0 Å². The predicted molar refractivity (Wildman–Crippen MR) is 70.5 cm³/mol. The van der Waals surface area contributed by atoms with Gasteiger partial charge in [0.1, 0.15) is 0 Å². The van der Waals surface area contributed by atoms with Crippen LogP contribution < -0.4 is 15.2 Å². The SMILES string of the molecule is COc1ccc(C(N)C(C)C(C)C)cc1OC. The van der Waals surface area contributed by atoms with E-state index in [4.69, 9.17) is 15.2 Å². The largest absolute Gasteiger partial charge is 0.493 e. The number of ether oxygens (including phenoxy) is 2. The fourth-order valence-corrected chi connectivity index (χ4v) is 1.78. The maximum Gasteiger partial charge on any atom is 0.161 e. The smallest absolute Gasteiger partial charge is 0.161 e. The first-order valence-electron chi connectivity index (χ1n) is 5.98. The van der Waals surface area contributed by atoms with Gasteiger partial charge >= 0.3 is 0 Å². The van der Waals surface area contributed by atoms with Crippen molar-refractivity contribution in [2.24, 2.45) is 17.6 Å². The van der Waals surface area contributed by atoms with Crippen LogP contribution in [0.1, 0.15) is 32.4 Å². The number of benzene rings is 1. The molecule has 0 saturated heterocycles. The Hall–Kier alpha value is -1.22. The van der Waals surface area contributed by atoms with Crippen LogP contribution in [-0.4, -0.2) is 14.2 Å². The van der Waals surface area contributed by atoms with E-state index in [2.05, 4.69) is 20.8 Å². The van der Waals surface area contributed by atoms with Gasteiger partial charge in [0.2, 0.25) is 0 Å². The number of hydrogen-bond acceptors (Lipinski definition) is 3. The van der Waals surface area contributed by atoms with Crippen LogP contribution in [0.5, 0.6) is 11.5 Å². The van der Waals surface area contributed by atoms with E-state index in [1.54, 1.807) is 14.2 Å². The third-order valence-electron chi connectivity index (χ3n) is 3.41. The summed E-state index contributed by atoms with van der Waals surface area (Å²) in [6.45, 7) is 6.54. The van der Waals surface area contributed by atoms with E-state index in [0.717, 1.165) is 17.1 Å². The maximum absolute atomic E-state index is 6.26. The summed E-state index contributed by atoms with van der Waals surface area (Å²) in [4.78, 5) is 0. The van der Waals surface area contributed by atoms with Crippen LogP contribution in [-0.2, 0) is 0 Å². The zero-order chi connectivity index (χ0) is 13.0. The van der Waals surface area contributed by atoms with Crippen molar-refractivity contribution in [2.75, 3.05) is 14.2 Å². The molecule has 2 N–H and O–H groups in total. The Bertz CT molecular complexity index is 363. The Kier molecular flexibility index (Phi) is 4.82. The van der Waals surface area contributed by atoms with E-state index in [1.165, 1.54) is 0 Å². The third kappa shape index (κ3) is 3.13. The van der Waals surface area contributed by atoms with E-state index in [9.17, 15) is 0 Å². The first-order chi connectivity index (χ1) is 8.01. The van der Waals surface area contributed by atoms with Gasteiger partial charge in [0.15, 0.2) is 11.5 Å². The van der Waals surface area contributed by atoms with E-state index in [0.29, 0.717) is 11.8 Å². The molecule has 17 heavy (non-hydrogen) atoms. The molecule has 0 aromatic heterocycles. The lowest BCUT2D eigenvalue weighted by Gasteiger charge is -2.24. The summed E-state index contributed by atoms with van der Waals surface area (Å²) in [5, 5.41) is 0. The quantitative estimate of drug-likeness (QED) is 0.856. The molecule has 0 fully saturated rings. The van der Waals surface area contributed by atoms with Crippen LogP contribution in [0.4, 0.5) is 0 Å². The molecule has 0 heterocycles. The lowest BCUT2D eigenvalue weighted by atomic mass is 9.86. The van der Waals surface area contributed by atoms with E-state index >= 15 is 0 Å². The highest BCUT2D eigenvalue weighted by Crippen LogP contribution is 2.32. The van der Waals surface area contributed by atoms with Gasteiger partial charge in [-0.05, 0) is 29.5 Å². The van der Waals surface area contributed by atoms with Gasteiger partial charge < -0.3 is 15.2 Å². The molecule has 0 spiro atoms. The van der Waals surface area contributed by atoms with Crippen LogP contribution in [0.15, 0.2) is 18.2 Å².